The molecule has 1 saturated carbocycles. The summed E-state index contributed by atoms with van der Waals surface area (Å²) in [6.45, 7) is 4.02. The number of nitrogens with zero attached hydrogens (tertiary/aromatic N) is 1. The van der Waals surface area contributed by atoms with Crippen molar-refractivity contribution in [3.63, 3.8) is 0 Å². The van der Waals surface area contributed by atoms with Crippen LogP contribution in [0.4, 0.5) is 0 Å². The summed E-state index contributed by atoms with van der Waals surface area (Å²) in [5, 5.41) is 3.72. The Bertz CT molecular complexity index is 419. The average molecular weight is 289 g/mol. The number of nitrogens with two attached hydrogens (primary N) is 1. The minimum atomic E-state index is 0.143. The molecule has 0 saturated heterocycles. The zero-order valence-electron chi connectivity index (χ0n) is 13.9. The van der Waals surface area contributed by atoms with Gasteiger partial charge in [0, 0.05) is 17.6 Å². The lowest BCUT2D eigenvalue weighted by molar-refractivity contribution is 0.0571. The summed E-state index contributed by atoms with van der Waals surface area (Å²) in [6.07, 6.45) is 5.79. The van der Waals surface area contributed by atoms with Crippen LogP contribution in [0.15, 0.2) is 30.3 Å². The van der Waals surface area contributed by atoms with Crippen molar-refractivity contribution < 1.29 is 0 Å². The third-order valence-electron chi connectivity index (χ3n) is 5.34. The minimum Gasteiger partial charge on any atom is -0.329 e. The molecule has 3 N–H and O–H groups in total. The fourth-order valence-corrected chi connectivity index (χ4v) is 3.73. The Kier molecular flexibility index (Phi) is 5.42. The third-order valence-corrected chi connectivity index (χ3v) is 5.34. The lowest BCUT2D eigenvalue weighted by atomic mass is 9.68. The molecule has 0 radical (unpaired) electrons. The summed E-state index contributed by atoms with van der Waals surface area (Å²) in [5.74, 6) is 0. The minimum absolute atomic E-state index is 0.143. The van der Waals surface area contributed by atoms with E-state index in [1.807, 2.05) is 0 Å². The molecule has 1 aromatic rings. The van der Waals surface area contributed by atoms with Gasteiger partial charge in [-0.25, -0.2) is 0 Å². The summed E-state index contributed by atoms with van der Waals surface area (Å²) in [5.41, 5.74) is 7.85. The van der Waals surface area contributed by atoms with Crippen LogP contribution in [0.5, 0.6) is 0 Å². The Morgan fingerprint density at radius 3 is 2.19 bits per heavy atom. The Hall–Kier alpha value is -0.900. The molecule has 21 heavy (non-hydrogen) atoms. The van der Waals surface area contributed by atoms with E-state index in [-0.39, 0.29) is 11.1 Å². The predicted molar refractivity (Wildman–Crippen MR) is 90.4 cm³/mol. The zero-order valence-corrected chi connectivity index (χ0v) is 13.9. The maximum atomic E-state index is 6.11. The summed E-state index contributed by atoms with van der Waals surface area (Å²) in [7, 11) is 4.42. The summed E-state index contributed by atoms with van der Waals surface area (Å²) in [4.78, 5) is 2.41. The molecule has 2 rings (SSSR count). The number of hydrogen-bond acceptors (Lipinski definition) is 3. The number of benzene rings is 1. The first-order chi connectivity index (χ1) is 10.1. The van der Waals surface area contributed by atoms with Crippen LogP contribution in [0.1, 0.15) is 44.6 Å². The van der Waals surface area contributed by atoms with Crippen molar-refractivity contribution in [1.29, 1.82) is 0 Å². The second-order valence-electron chi connectivity index (χ2n) is 6.70. The molecule has 1 aliphatic carbocycles. The molecule has 118 valence electrons. The Morgan fingerprint density at radius 2 is 1.71 bits per heavy atom. The van der Waals surface area contributed by atoms with Crippen LogP contribution >= 0.6 is 0 Å². The average Bonchev–Trinajstić information content (AvgIpc) is 2.54. The highest BCUT2D eigenvalue weighted by molar-refractivity contribution is 5.26. The van der Waals surface area contributed by atoms with Gasteiger partial charge in [-0.05, 0) is 58.3 Å². The molecule has 0 aliphatic heterocycles. The molecule has 0 atom stereocenters. The van der Waals surface area contributed by atoms with Gasteiger partial charge >= 0.3 is 0 Å². The fraction of sp³-hybridized carbons (Fsp3) is 0.667. The molecule has 1 aliphatic rings. The van der Waals surface area contributed by atoms with E-state index in [0.717, 1.165) is 38.8 Å². The molecule has 0 spiro atoms. The molecule has 1 fully saturated rings. The second kappa shape index (κ2) is 6.91. The van der Waals surface area contributed by atoms with Crippen molar-refractivity contribution in [2.75, 3.05) is 27.2 Å². The molecule has 0 unspecified atom stereocenters. The monoisotopic (exact) mass is 289 g/mol. The standard InChI is InChI=1S/C18H31N3/c1-4-14-20-17(15-19)10-12-18(13-11-17,21(2)3)16-8-6-5-7-9-16/h5-9,20H,4,10-15,19H2,1-3H3. The van der Waals surface area contributed by atoms with Crippen molar-refractivity contribution >= 4 is 0 Å². The van der Waals surface area contributed by atoms with Gasteiger partial charge in [0.15, 0.2) is 0 Å². The van der Waals surface area contributed by atoms with Crippen molar-refractivity contribution in [3.05, 3.63) is 35.9 Å². The predicted octanol–water partition coefficient (Wildman–Crippen LogP) is 2.71. The Labute approximate surface area is 129 Å². The smallest absolute Gasteiger partial charge is 0.0456 e. The van der Waals surface area contributed by atoms with Gasteiger partial charge in [0.1, 0.15) is 0 Å². The normalized spacial score (nSPS) is 29.8. The molecular weight excluding hydrogens is 258 g/mol. The molecule has 0 amide bonds. The summed E-state index contributed by atoms with van der Waals surface area (Å²) >= 11 is 0. The van der Waals surface area contributed by atoms with Crippen molar-refractivity contribution in [2.45, 2.75) is 50.1 Å². The van der Waals surface area contributed by atoms with E-state index >= 15 is 0 Å². The fourth-order valence-electron chi connectivity index (χ4n) is 3.73. The van der Waals surface area contributed by atoms with E-state index in [1.165, 1.54) is 12.0 Å². The van der Waals surface area contributed by atoms with Gasteiger partial charge in [-0.15, -0.1) is 0 Å². The highest BCUT2D eigenvalue weighted by Crippen LogP contribution is 2.44. The molecule has 1 aromatic carbocycles. The van der Waals surface area contributed by atoms with Gasteiger partial charge in [0.2, 0.25) is 0 Å². The largest absolute Gasteiger partial charge is 0.329 e. The first-order valence-corrected chi connectivity index (χ1v) is 8.27. The lowest BCUT2D eigenvalue weighted by Gasteiger charge is -2.50. The van der Waals surface area contributed by atoms with Crippen LogP contribution in [-0.4, -0.2) is 37.6 Å². The van der Waals surface area contributed by atoms with E-state index in [2.05, 4.69) is 61.6 Å². The molecule has 0 bridgehead atoms. The molecule has 3 nitrogen and oxygen atoms in total. The van der Waals surface area contributed by atoms with E-state index in [0.29, 0.717) is 0 Å². The highest BCUT2D eigenvalue weighted by atomic mass is 15.2. The van der Waals surface area contributed by atoms with Crippen molar-refractivity contribution in [1.82, 2.24) is 10.2 Å². The van der Waals surface area contributed by atoms with Crippen LogP contribution in [0.25, 0.3) is 0 Å². The van der Waals surface area contributed by atoms with Crippen LogP contribution < -0.4 is 11.1 Å². The van der Waals surface area contributed by atoms with E-state index in [4.69, 9.17) is 5.73 Å². The molecule has 0 aromatic heterocycles. The first-order valence-electron chi connectivity index (χ1n) is 8.27. The first kappa shape index (κ1) is 16.5. The Balaban J connectivity index is 2.18. The molecular formula is C18H31N3. The maximum absolute atomic E-state index is 6.11. The topological polar surface area (TPSA) is 41.3 Å². The van der Waals surface area contributed by atoms with Crippen molar-refractivity contribution in [3.8, 4) is 0 Å². The molecule has 3 heteroatoms. The van der Waals surface area contributed by atoms with E-state index < -0.39 is 0 Å². The SMILES string of the molecule is CCCNC1(CN)CCC(c2ccccc2)(N(C)C)CC1. The van der Waals surface area contributed by atoms with Gasteiger partial charge < -0.3 is 11.1 Å². The lowest BCUT2D eigenvalue weighted by Crippen LogP contribution is -2.58. The molecule has 0 heterocycles. The maximum Gasteiger partial charge on any atom is 0.0456 e. The zero-order chi connectivity index (χ0) is 15.3. The quantitative estimate of drug-likeness (QED) is 0.846. The summed E-state index contributed by atoms with van der Waals surface area (Å²) in [6, 6.07) is 11.0. The van der Waals surface area contributed by atoms with Gasteiger partial charge in [0.25, 0.3) is 0 Å². The van der Waals surface area contributed by atoms with Gasteiger partial charge in [0.05, 0.1) is 0 Å². The number of hydrogen-bond donors (Lipinski definition) is 2. The summed E-state index contributed by atoms with van der Waals surface area (Å²) < 4.78 is 0. The van der Waals surface area contributed by atoms with Crippen LogP contribution in [0.3, 0.4) is 0 Å². The van der Waals surface area contributed by atoms with Crippen LogP contribution in [0, 0.1) is 0 Å². The third kappa shape index (κ3) is 3.31. The van der Waals surface area contributed by atoms with E-state index in [1.54, 1.807) is 0 Å². The Morgan fingerprint density at radius 1 is 1.10 bits per heavy atom. The highest BCUT2D eigenvalue weighted by Gasteiger charge is 2.43. The van der Waals surface area contributed by atoms with Crippen LogP contribution in [-0.2, 0) is 5.54 Å². The van der Waals surface area contributed by atoms with E-state index in [9.17, 15) is 0 Å². The van der Waals surface area contributed by atoms with Gasteiger partial charge in [-0.1, -0.05) is 37.3 Å². The van der Waals surface area contributed by atoms with Gasteiger partial charge in [-0.3, -0.25) is 4.90 Å². The van der Waals surface area contributed by atoms with Gasteiger partial charge in [-0.2, -0.15) is 0 Å². The van der Waals surface area contributed by atoms with Crippen molar-refractivity contribution in [2.24, 2.45) is 5.73 Å². The van der Waals surface area contributed by atoms with Crippen LogP contribution in [0.2, 0.25) is 0 Å². The number of rotatable bonds is 6. The second-order valence-corrected chi connectivity index (χ2v) is 6.70. The number of nitrogens with one attached hydrogen (secondary N) is 1.